The van der Waals surface area contributed by atoms with Crippen molar-refractivity contribution in [3.05, 3.63) is 50.2 Å². The van der Waals surface area contributed by atoms with Gasteiger partial charge in [0.1, 0.15) is 21.4 Å². The van der Waals surface area contributed by atoms with E-state index in [0.717, 1.165) is 22.2 Å². The zero-order valence-corrected chi connectivity index (χ0v) is 18.9. The molecule has 0 bridgehead atoms. The number of aromatic amines is 1. The lowest BCUT2D eigenvalue weighted by molar-refractivity contribution is 0.309. The zero-order valence-electron chi connectivity index (χ0n) is 18.1. The van der Waals surface area contributed by atoms with E-state index in [-0.39, 0.29) is 32.6 Å². The number of hydrogen-bond acceptors (Lipinski definition) is 8. The van der Waals surface area contributed by atoms with E-state index in [4.69, 9.17) is 10.5 Å². The summed E-state index contributed by atoms with van der Waals surface area (Å²) in [5.41, 5.74) is 4.21. The molecule has 1 saturated heterocycles. The monoisotopic (exact) mass is 492 g/mol. The van der Waals surface area contributed by atoms with E-state index in [0.29, 0.717) is 32.2 Å². The molecular weight excluding hydrogens is 473 g/mol. The summed E-state index contributed by atoms with van der Waals surface area (Å²) in [4.78, 5) is 33.4. The minimum atomic E-state index is -1.09. The summed E-state index contributed by atoms with van der Waals surface area (Å²) in [7, 11) is 3.25. The first-order valence-corrected chi connectivity index (χ1v) is 11.1. The van der Waals surface area contributed by atoms with E-state index in [9.17, 15) is 14.0 Å². The predicted octanol–water partition coefficient (Wildman–Crippen LogP) is 2.05. The predicted molar refractivity (Wildman–Crippen MR) is 124 cm³/mol. The Morgan fingerprint density at radius 2 is 1.79 bits per heavy atom. The van der Waals surface area contributed by atoms with Gasteiger partial charge in [-0.1, -0.05) is 0 Å². The van der Waals surface area contributed by atoms with Crippen molar-refractivity contribution in [2.75, 3.05) is 51.0 Å². The molecule has 1 fully saturated rings. The Bertz CT molecular complexity index is 1570. The van der Waals surface area contributed by atoms with Crippen LogP contribution in [0, 0.1) is 17.5 Å². The number of benzene rings is 1. The minimum Gasteiger partial charge on any atom is -0.492 e. The molecule has 0 amide bonds. The van der Waals surface area contributed by atoms with E-state index >= 15 is 8.78 Å². The maximum absolute atomic E-state index is 15.5. The number of H-pyrrole nitrogens is 1. The van der Waals surface area contributed by atoms with Gasteiger partial charge in [-0.05, 0) is 24.6 Å². The number of pyridine rings is 2. The number of aromatic nitrogens is 3. The molecule has 0 aliphatic carbocycles. The molecule has 5 rings (SSSR count). The number of nitrogens with one attached hydrogen (secondary N) is 1. The number of fused-ring (bicyclic) bond motifs is 2. The Hall–Kier alpha value is -3.58. The number of nitrogens with two attached hydrogens (primary N) is 1. The van der Waals surface area contributed by atoms with Crippen molar-refractivity contribution in [2.45, 2.75) is 0 Å². The van der Waals surface area contributed by atoms with E-state index in [1.165, 1.54) is 7.11 Å². The van der Waals surface area contributed by atoms with E-state index < -0.39 is 40.1 Å². The smallest absolute Gasteiger partial charge is 0.271 e. The first-order valence-electron chi connectivity index (χ1n) is 10.2. The van der Waals surface area contributed by atoms with Crippen molar-refractivity contribution in [1.29, 1.82) is 0 Å². The van der Waals surface area contributed by atoms with Crippen molar-refractivity contribution in [1.82, 2.24) is 18.8 Å². The van der Waals surface area contributed by atoms with Gasteiger partial charge in [-0.15, -0.1) is 0 Å². The number of piperazine rings is 1. The van der Waals surface area contributed by atoms with Gasteiger partial charge < -0.3 is 20.3 Å². The third kappa shape index (κ3) is 3.22. The first kappa shape index (κ1) is 22.2. The number of rotatable bonds is 3. The minimum absolute atomic E-state index is 0.00847. The number of ether oxygens (including phenoxy) is 1. The Balaban J connectivity index is 1.97. The molecule has 0 saturated carbocycles. The molecule has 178 valence electrons. The average Bonchev–Trinajstić information content (AvgIpc) is 3.19. The molecule has 3 N–H and O–H groups in total. The standard InChI is InChI=1S/C21H19F3N6O3S/c1-28-3-5-29(6-4-28)15-10(22)7-9-14(17(15)33-2)30(19-12(24)8-11(23)18(25)26-19)21-13(16(9)31)20(32)27-34-21/h7-8H,3-6H2,1-2H3,(H2,25,26)(H,27,32). The van der Waals surface area contributed by atoms with Crippen LogP contribution < -0.4 is 26.4 Å². The molecule has 34 heavy (non-hydrogen) atoms. The lowest BCUT2D eigenvalue weighted by Crippen LogP contribution is -2.45. The highest BCUT2D eigenvalue weighted by molar-refractivity contribution is 7.12. The largest absolute Gasteiger partial charge is 0.492 e. The van der Waals surface area contributed by atoms with Gasteiger partial charge in [-0.2, -0.15) is 0 Å². The molecule has 1 aliphatic rings. The topological polar surface area (TPSA) is 109 Å². The van der Waals surface area contributed by atoms with Crippen LogP contribution >= 0.6 is 11.5 Å². The lowest BCUT2D eigenvalue weighted by atomic mass is 10.1. The molecule has 1 aliphatic heterocycles. The average molecular weight is 492 g/mol. The summed E-state index contributed by atoms with van der Waals surface area (Å²) in [6.07, 6.45) is 0. The van der Waals surface area contributed by atoms with Crippen molar-refractivity contribution >= 4 is 44.2 Å². The van der Waals surface area contributed by atoms with Crippen LogP contribution in [-0.2, 0) is 0 Å². The summed E-state index contributed by atoms with van der Waals surface area (Å²) in [6.45, 7) is 2.29. The molecule has 4 aromatic rings. The number of methoxy groups -OCH3 is 1. The van der Waals surface area contributed by atoms with Gasteiger partial charge >= 0.3 is 0 Å². The van der Waals surface area contributed by atoms with Gasteiger partial charge in [-0.3, -0.25) is 18.5 Å². The van der Waals surface area contributed by atoms with Crippen molar-refractivity contribution in [3.8, 4) is 11.6 Å². The number of halogens is 3. The van der Waals surface area contributed by atoms with Gasteiger partial charge in [0.25, 0.3) is 5.56 Å². The highest BCUT2D eigenvalue weighted by Crippen LogP contribution is 2.41. The van der Waals surface area contributed by atoms with E-state index in [1.54, 1.807) is 4.90 Å². The van der Waals surface area contributed by atoms with Crippen molar-refractivity contribution < 1.29 is 17.9 Å². The van der Waals surface area contributed by atoms with Crippen LogP contribution in [-0.4, -0.2) is 59.2 Å². The number of nitrogen functional groups attached to an aromatic ring is 1. The highest BCUT2D eigenvalue weighted by Gasteiger charge is 2.29. The maximum atomic E-state index is 15.5. The number of anilines is 2. The number of nitrogens with zero attached hydrogens (tertiary/aromatic N) is 4. The second-order valence-electron chi connectivity index (χ2n) is 7.97. The highest BCUT2D eigenvalue weighted by atomic mass is 32.1. The molecule has 0 unspecified atom stereocenters. The quantitative estimate of drug-likeness (QED) is 0.451. The first-order chi connectivity index (χ1) is 16.2. The van der Waals surface area contributed by atoms with Gasteiger partial charge in [0.05, 0.1) is 12.5 Å². The van der Waals surface area contributed by atoms with Gasteiger partial charge in [0, 0.05) is 32.2 Å². The van der Waals surface area contributed by atoms with E-state index in [1.807, 2.05) is 7.05 Å². The summed E-state index contributed by atoms with van der Waals surface area (Å²) in [6, 6.07) is 1.56. The van der Waals surface area contributed by atoms with Crippen molar-refractivity contribution in [2.24, 2.45) is 0 Å². The van der Waals surface area contributed by atoms with Crippen LogP contribution in [0.15, 0.2) is 21.7 Å². The SMILES string of the molecule is COc1c(N2CCN(C)CC2)c(F)cc2c(=O)c3c(=O)[nH]sc3n(-c3nc(N)c(F)cc3F)c12. The second kappa shape index (κ2) is 8.02. The molecule has 13 heteroatoms. The normalized spacial score (nSPS) is 14.9. The Morgan fingerprint density at radius 1 is 1.09 bits per heavy atom. The fourth-order valence-electron chi connectivity index (χ4n) is 4.24. The molecule has 0 atom stereocenters. The molecule has 0 radical (unpaired) electrons. The Morgan fingerprint density at radius 3 is 2.47 bits per heavy atom. The van der Waals surface area contributed by atoms with Crippen LogP contribution in [0.2, 0.25) is 0 Å². The molecular formula is C21H19F3N6O3S. The molecule has 3 aromatic heterocycles. The number of hydrogen-bond donors (Lipinski definition) is 2. The van der Waals surface area contributed by atoms with Gasteiger partial charge in [0.2, 0.25) is 5.43 Å². The number of likely N-dealkylation sites (N-methyl/N-ethyl adjacent to an activating group) is 1. The van der Waals surface area contributed by atoms with Gasteiger partial charge in [-0.25, -0.2) is 18.2 Å². The zero-order chi connectivity index (χ0) is 24.3. The lowest BCUT2D eigenvalue weighted by Gasteiger charge is -2.35. The summed E-state index contributed by atoms with van der Waals surface area (Å²) in [5.74, 6) is -3.97. The van der Waals surface area contributed by atoms with Crippen LogP contribution in [0.25, 0.3) is 26.9 Å². The van der Waals surface area contributed by atoms with Crippen LogP contribution in [0.3, 0.4) is 0 Å². The summed E-state index contributed by atoms with van der Waals surface area (Å²) in [5, 5.41) is -0.525. The van der Waals surface area contributed by atoms with Crippen LogP contribution in [0.1, 0.15) is 0 Å². The third-order valence-electron chi connectivity index (χ3n) is 5.94. The van der Waals surface area contributed by atoms with E-state index in [2.05, 4.69) is 14.3 Å². The maximum Gasteiger partial charge on any atom is 0.271 e. The fraction of sp³-hybridized carbons (Fsp3) is 0.286. The molecule has 1 aromatic carbocycles. The Kier molecular flexibility index (Phi) is 5.24. The summed E-state index contributed by atoms with van der Waals surface area (Å²) < 4.78 is 53.5. The third-order valence-corrected chi connectivity index (χ3v) is 6.80. The summed E-state index contributed by atoms with van der Waals surface area (Å²) >= 11 is 0.763. The fourth-order valence-corrected chi connectivity index (χ4v) is 5.08. The molecule has 0 spiro atoms. The molecule has 4 heterocycles. The Labute approximate surface area is 193 Å². The molecule has 9 nitrogen and oxygen atoms in total. The second-order valence-corrected chi connectivity index (χ2v) is 8.76. The van der Waals surface area contributed by atoms with Crippen LogP contribution in [0.4, 0.5) is 24.7 Å². The van der Waals surface area contributed by atoms with Crippen LogP contribution in [0.5, 0.6) is 5.75 Å². The van der Waals surface area contributed by atoms with Crippen molar-refractivity contribution in [3.63, 3.8) is 0 Å². The van der Waals surface area contributed by atoms with Gasteiger partial charge in [0.15, 0.2) is 34.8 Å².